The van der Waals surface area contributed by atoms with Crippen molar-refractivity contribution in [2.75, 3.05) is 0 Å². The van der Waals surface area contributed by atoms with Gasteiger partial charge in [0, 0.05) is 0 Å². The molecule has 0 saturated heterocycles. The SMILES string of the molecule is CC(C)PC(C)C.Cl.F. The van der Waals surface area contributed by atoms with E-state index in [9.17, 15) is 0 Å². The van der Waals surface area contributed by atoms with Gasteiger partial charge in [-0.25, -0.2) is 0 Å². The van der Waals surface area contributed by atoms with Crippen molar-refractivity contribution in [2.24, 2.45) is 0 Å². The number of hydrogen-bond donors (Lipinski definition) is 0. The number of rotatable bonds is 2. The van der Waals surface area contributed by atoms with Crippen LogP contribution < -0.4 is 0 Å². The lowest BCUT2D eigenvalue weighted by Gasteiger charge is -2.06. The van der Waals surface area contributed by atoms with Crippen molar-refractivity contribution in [1.29, 1.82) is 0 Å². The first-order valence-corrected chi connectivity index (χ1v) is 4.04. The summed E-state index contributed by atoms with van der Waals surface area (Å²) in [7, 11) is 1.15. The van der Waals surface area contributed by atoms with Crippen LogP contribution in [-0.4, -0.2) is 11.3 Å². The minimum Gasteiger partial charge on any atom is -0.269 e. The molecule has 9 heavy (non-hydrogen) atoms. The highest BCUT2D eigenvalue weighted by Crippen LogP contribution is 2.23. The van der Waals surface area contributed by atoms with E-state index in [4.69, 9.17) is 0 Å². The minimum atomic E-state index is 0. The Morgan fingerprint density at radius 1 is 0.889 bits per heavy atom. The lowest BCUT2D eigenvalue weighted by atomic mass is 10.5. The van der Waals surface area contributed by atoms with E-state index < -0.39 is 0 Å². The first-order chi connectivity index (χ1) is 3.13. The molecule has 0 N–H and O–H groups in total. The highest BCUT2D eigenvalue weighted by atomic mass is 35.5. The molecule has 0 aliphatic rings. The molecule has 0 bridgehead atoms. The van der Waals surface area contributed by atoms with E-state index in [0.717, 1.165) is 19.9 Å². The Hall–Kier alpha value is 0.650. The molecule has 0 rings (SSSR count). The van der Waals surface area contributed by atoms with Gasteiger partial charge in [-0.2, -0.15) is 0 Å². The molecule has 0 nitrogen and oxygen atoms in total. The number of halogens is 2. The van der Waals surface area contributed by atoms with Gasteiger partial charge < -0.3 is 0 Å². The molecule has 0 unspecified atom stereocenters. The molecule has 0 aromatic rings. The monoisotopic (exact) mass is 174 g/mol. The van der Waals surface area contributed by atoms with Crippen LogP contribution in [0.4, 0.5) is 4.70 Å². The lowest BCUT2D eigenvalue weighted by molar-refractivity contribution is 1.03. The first-order valence-electron chi connectivity index (χ1n) is 2.89. The maximum absolute atomic E-state index is 2.28. The zero-order chi connectivity index (χ0) is 5.86. The smallest absolute Gasteiger partial charge is 0.0291 e. The summed E-state index contributed by atoms with van der Waals surface area (Å²) in [6.45, 7) is 9.10. The summed E-state index contributed by atoms with van der Waals surface area (Å²) in [4.78, 5) is 0. The second kappa shape index (κ2) is 8.65. The van der Waals surface area contributed by atoms with Gasteiger partial charge in [0.2, 0.25) is 0 Å². The van der Waals surface area contributed by atoms with E-state index in [2.05, 4.69) is 27.7 Å². The van der Waals surface area contributed by atoms with Crippen molar-refractivity contribution in [2.45, 2.75) is 39.0 Å². The first kappa shape index (κ1) is 16.3. The molecule has 0 aliphatic carbocycles. The molecular weight excluding hydrogens is 157 g/mol. The van der Waals surface area contributed by atoms with Crippen LogP contribution in [0, 0.1) is 0 Å². The zero-order valence-corrected chi connectivity index (χ0v) is 8.29. The summed E-state index contributed by atoms with van der Waals surface area (Å²) in [6.07, 6.45) is 0. The van der Waals surface area contributed by atoms with Gasteiger partial charge >= 0.3 is 0 Å². The van der Waals surface area contributed by atoms with E-state index in [1.165, 1.54) is 0 Å². The Balaban J connectivity index is -0.000000180. The Bertz CT molecular complexity index is 42.3. The van der Waals surface area contributed by atoms with Crippen LogP contribution >= 0.6 is 21.0 Å². The highest BCUT2D eigenvalue weighted by Gasteiger charge is 1.95. The van der Waals surface area contributed by atoms with Crippen molar-refractivity contribution >= 4 is 21.0 Å². The third kappa shape index (κ3) is 17.7. The van der Waals surface area contributed by atoms with Crippen LogP contribution in [0.3, 0.4) is 0 Å². The van der Waals surface area contributed by atoms with Crippen LogP contribution in [0.1, 0.15) is 27.7 Å². The normalized spacial score (nSPS) is 8.67. The van der Waals surface area contributed by atoms with E-state index in [1.807, 2.05) is 0 Å². The van der Waals surface area contributed by atoms with Gasteiger partial charge in [-0.15, -0.1) is 21.0 Å². The minimum absolute atomic E-state index is 0. The Morgan fingerprint density at radius 3 is 1.11 bits per heavy atom. The van der Waals surface area contributed by atoms with Crippen molar-refractivity contribution in [3.63, 3.8) is 0 Å². The van der Waals surface area contributed by atoms with Gasteiger partial charge in [0.05, 0.1) is 0 Å². The molecular formula is C6H17ClFP. The fraction of sp³-hybridized carbons (Fsp3) is 1.00. The van der Waals surface area contributed by atoms with Crippen LogP contribution in [-0.2, 0) is 0 Å². The van der Waals surface area contributed by atoms with Crippen LogP contribution in [0.5, 0.6) is 0 Å². The summed E-state index contributed by atoms with van der Waals surface area (Å²) >= 11 is 0. The molecule has 0 aromatic carbocycles. The molecule has 60 valence electrons. The van der Waals surface area contributed by atoms with E-state index >= 15 is 0 Å². The molecule has 0 radical (unpaired) electrons. The van der Waals surface area contributed by atoms with Gasteiger partial charge in [-0.05, 0) is 11.3 Å². The molecule has 0 spiro atoms. The lowest BCUT2D eigenvalue weighted by Crippen LogP contribution is -1.90. The second-order valence-electron chi connectivity index (χ2n) is 2.48. The van der Waals surface area contributed by atoms with Crippen LogP contribution in [0.2, 0.25) is 0 Å². The Labute approximate surface area is 65.4 Å². The van der Waals surface area contributed by atoms with Gasteiger partial charge in [-0.1, -0.05) is 27.7 Å². The summed E-state index contributed by atoms with van der Waals surface area (Å²) in [5.74, 6) is 0. The topological polar surface area (TPSA) is 0 Å². The average molecular weight is 175 g/mol. The van der Waals surface area contributed by atoms with Crippen molar-refractivity contribution in [3.05, 3.63) is 0 Å². The maximum atomic E-state index is 2.28. The second-order valence-corrected chi connectivity index (χ2v) is 5.12. The van der Waals surface area contributed by atoms with E-state index in [1.54, 1.807) is 0 Å². The third-order valence-corrected chi connectivity index (χ3v) is 2.00. The predicted molar refractivity (Wildman–Crippen MR) is 48.3 cm³/mol. The van der Waals surface area contributed by atoms with Gasteiger partial charge in [0.25, 0.3) is 0 Å². The molecule has 0 saturated carbocycles. The van der Waals surface area contributed by atoms with Crippen molar-refractivity contribution in [3.8, 4) is 0 Å². The molecule has 0 heterocycles. The van der Waals surface area contributed by atoms with Crippen LogP contribution in [0.15, 0.2) is 0 Å². The third-order valence-electron chi connectivity index (χ3n) is 0.667. The predicted octanol–water partition coefficient (Wildman–Crippen LogP) is 3.06. The van der Waals surface area contributed by atoms with Crippen LogP contribution in [0.25, 0.3) is 0 Å². The summed E-state index contributed by atoms with van der Waals surface area (Å²) < 4.78 is 0. The number of hydrogen-bond acceptors (Lipinski definition) is 0. The van der Waals surface area contributed by atoms with E-state index in [0.29, 0.717) is 0 Å². The summed E-state index contributed by atoms with van der Waals surface area (Å²) in [5, 5.41) is 0. The average Bonchev–Trinajstić information content (AvgIpc) is 1.27. The zero-order valence-electron chi connectivity index (χ0n) is 6.47. The van der Waals surface area contributed by atoms with E-state index in [-0.39, 0.29) is 17.1 Å². The molecule has 0 aliphatic heterocycles. The highest BCUT2D eigenvalue weighted by molar-refractivity contribution is 7.39. The van der Waals surface area contributed by atoms with Gasteiger partial charge in [0.1, 0.15) is 0 Å². The molecule has 0 fully saturated rings. The Morgan fingerprint density at radius 2 is 1.11 bits per heavy atom. The largest absolute Gasteiger partial charge is 0.269 e. The maximum Gasteiger partial charge on any atom is -0.0291 e. The molecule has 0 amide bonds. The summed E-state index contributed by atoms with van der Waals surface area (Å²) in [6, 6.07) is 0. The van der Waals surface area contributed by atoms with Gasteiger partial charge in [-0.3, -0.25) is 4.70 Å². The van der Waals surface area contributed by atoms with Gasteiger partial charge in [0.15, 0.2) is 0 Å². The quantitative estimate of drug-likeness (QED) is 0.565. The molecule has 0 atom stereocenters. The fourth-order valence-corrected chi connectivity index (χ4v) is 2.00. The standard InChI is InChI=1S/C6H15P.ClH.FH/c1-5(2)7-6(3)4;;/h5-7H,1-4H3;2*1H. The fourth-order valence-electron chi connectivity index (χ4n) is 0.667. The van der Waals surface area contributed by atoms with Crippen molar-refractivity contribution in [1.82, 2.24) is 0 Å². The Kier molecular flexibility index (Phi) is 15.7. The summed E-state index contributed by atoms with van der Waals surface area (Å²) in [5.41, 5.74) is 1.81. The molecule has 3 heteroatoms. The molecule has 0 aromatic heterocycles. The van der Waals surface area contributed by atoms with Crippen molar-refractivity contribution < 1.29 is 4.70 Å².